The minimum absolute atomic E-state index is 0.146. The summed E-state index contributed by atoms with van der Waals surface area (Å²) < 4.78 is 31.4. The van der Waals surface area contributed by atoms with E-state index in [1.807, 2.05) is 19.2 Å². The molecule has 1 fully saturated rings. The fourth-order valence-corrected chi connectivity index (χ4v) is 5.58. The van der Waals surface area contributed by atoms with Gasteiger partial charge in [-0.15, -0.1) is 21.5 Å². The quantitative estimate of drug-likeness (QED) is 0.447. The molecule has 3 heterocycles. The van der Waals surface area contributed by atoms with E-state index in [0.29, 0.717) is 11.8 Å². The Kier molecular flexibility index (Phi) is 9.11. The summed E-state index contributed by atoms with van der Waals surface area (Å²) in [4.78, 5) is 23.3. The molecule has 2 aliphatic rings. The number of aliphatic imine (C=N–C) groups is 1. The molecule has 0 atom stereocenters. The molecule has 1 aliphatic heterocycles. The van der Waals surface area contributed by atoms with Crippen LogP contribution < -0.4 is 4.74 Å². The van der Waals surface area contributed by atoms with E-state index in [2.05, 4.69) is 25.1 Å². The van der Waals surface area contributed by atoms with Gasteiger partial charge in [-0.3, -0.25) is 4.79 Å². The Morgan fingerprint density at radius 1 is 1.22 bits per heavy atom. The van der Waals surface area contributed by atoms with Crippen LogP contribution in [0.1, 0.15) is 60.3 Å². The molecule has 1 saturated carbocycles. The molecule has 2 aromatic rings. The average molecular weight is 520 g/mol. The molecule has 10 heteroatoms. The first-order valence-electron chi connectivity index (χ1n) is 12.8. The number of carbonyl (C=O) groups is 1. The summed E-state index contributed by atoms with van der Waals surface area (Å²) in [5.41, 5.74) is 2.15. The van der Waals surface area contributed by atoms with Gasteiger partial charge in [0.05, 0.1) is 6.42 Å². The van der Waals surface area contributed by atoms with Crippen molar-refractivity contribution in [3.05, 3.63) is 33.4 Å². The lowest BCUT2D eigenvalue weighted by Gasteiger charge is -2.28. The van der Waals surface area contributed by atoms with E-state index in [1.54, 1.807) is 6.07 Å². The molecule has 0 N–H and O–H groups in total. The Balaban J connectivity index is 1.16. The second-order valence-electron chi connectivity index (χ2n) is 10.1. The standard InChI is InChI=1S/C26H35F2N5O2S/c1-18-31-32-25(36-18)15-23(34)29-16-20-5-3-19(4-6-20)9-12-33-13-10-21-7-8-24(30-22(21)11-14-33)35-17-26(2,27)28/h7-8,16,19-20H,3-6,9-15,17H2,1-2H3/b29-16+. The summed E-state index contributed by atoms with van der Waals surface area (Å²) in [5.74, 6) is -1.65. The molecule has 0 saturated heterocycles. The summed E-state index contributed by atoms with van der Waals surface area (Å²) in [5, 5.41) is 9.52. The molecule has 0 bridgehead atoms. The lowest BCUT2D eigenvalue weighted by Crippen LogP contribution is -2.29. The predicted octanol–water partition coefficient (Wildman–Crippen LogP) is 4.71. The third-order valence-corrected chi connectivity index (χ3v) is 7.76. The van der Waals surface area contributed by atoms with E-state index in [4.69, 9.17) is 4.74 Å². The molecule has 0 unspecified atom stereocenters. The molecule has 1 amide bonds. The number of alkyl halides is 2. The topological polar surface area (TPSA) is 80.6 Å². The van der Waals surface area contributed by atoms with Crippen LogP contribution in [0.4, 0.5) is 8.78 Å². The molecule has 0 radical (unpaired) electrons. The van der Waals surface area contributed by atoms with E-state index >= 15 is 0 Å². The molecule has 0 spiro atoms. The lowest BCUT2D eigenvalue weighted by molar-refractivity contribution is -0.117. The maximum Gasteiger partial charge on any atom is 0.278 e. The molecule has 1 aliphatic carbocycles. The number of hydrogen-bond acceptors (Lipinski definition) is 7. The summed E-state index contributed by atoms with van der Waals surface area (Å²) in [6.45, 7) is 5.04. The third-order valence-electron chi connectivity index (χ3n) is 6.92. The molecule has 7 nitrogen and oxygen atoms in total. The SMILES string of the molecule is Cc1nnc(CC(=O)/N=C/C2CCC(CCN3CCc4ccc(OCC(C)(F)F)nc4CC3)CC2)s1. The number of aromatic nitrogens is 3. The zero-order chi connectivity index (χ0) is 25.5. The molecular formula is C26H35F2N5O2S. The van der Waals surface area contributed by atoms with Crippen molar-refractivity contribution in [3.8, 4) is 5.88 Å². The van der Waals surface area contributed by atoms with Crippen molar-refractivity contribution in [2.75, 3.05) is 26.2 Å². The van der Waals surface area contributed by atoms with Gasteiger partial charge in [0.1, 0.15) is 10.0 Å². The van der Waals surface area contributed by atoms with Crippen molar-refractivity contribution in [2.45, 2.75) is 71.1 Å². The number of ether oxygens (including phenoxy) is 1. The van der Waals surface area contributed by atoms with Gasteiger partial charge in [-0.25, -0.2) is 18.8 Å². The van der Waals surface area contributed by atoms with Crippen LogP contribution in [0.15, 0.2) is 17.1 Å². The van der Waals surface area contributed by atoms with Crippen molar-refractivity contribution in [2.24, 2.45) is 16.8 Å². The lowest BCUT2D eigenvalue weighted by atomic mass is 9.81. The van der Waals surface area contributed by atoms with Gasteiger partial charge in [0.15, 0.2) is 6.61 Å². The summed E-state index contributed by atoms with van der Waals surface area (Å²) >= 11 is 1.44. The summed E-state index contributed by atoms with van der Waals surface area (Å²) in [7, 11) is 0. The molecular weight excluding hydrogens is 484 g/mol. The fourth-order valence-electron chi connectivity index (χ4n) is 4.88. The van der Waals surface area contributed by atoms with Crippen molar-refractivity contribution >= 4 is 23.5 Å². The van der Waals surface area contributed by atoms with Gasteiger partial charge in [0.2, 0.25) is 5.88 Å². The smallest absolute Gasteiger partial charge is 0.278 e. The first-order chi connectivity index (χ1) is 17.2. The van der Waals surface area contributed by atoms with Gasteiger partial charge in [0.25, 0.3) is 11.8 Å². The number of amides is 1. The average Bonchev–Trinajstić information content (AvgIpc) is 3.14. The van der Waals surface area contributed by atoms with Crippen LogP contribution in [0.25, 0.3) is 0 Å². The van der Waals surface area contributed by atoms with Crippen molar-refractivity contribution in [1.82, 2.24) is 20.1 Å². The summed E-state index contributed by atoms with van der Waals surface area (Å²) in [6.07, 6.45) is 9.47. The zero-order valence-corrected chi connectivity index (χ0v) is 21.9. The van der Waals surface area contributed by atoms with Gasteiger partial charge >= 0.3 is 0 Å². The van der Waals surface area contributed by atoms with Crippen LogP contribution in [-0.4, -0.2) is 64.4 Å². The minimum atomic E-state index is -2.87. The summed E-state index contributed by atoms with van der Waals surface area (Å²) in [6, 6.07) is 3.67. The highest BCUT2D eigenvalue weighted by Gasteiger charge is 2.24. The Labute approximate surface area is 215 Å². The van der Waals surface area contributed by atoms with E-state index in [-0.39, 0.29) is 18.2 Å². The maximum absolute atomic E-state index is 13.1. The second kappa shape index (κ2) is 12.3. The van der Waals surface area contributed by atoms with Gasteiger partial charge in [-0.1, -0.05) is 6.07 Å². The highest BCUT2D eigenvalue weighted by atomic mass is 32.1. The normalized spacial score (nSPS) is 21.3. The molecule has 4 rings (SSSR count). The van der Waals surface area contributed by atoms with Gasteiger partial charge < -0.3 is 9.64 Å². The van der Waals surface area contributed by atoms with Crippen molar-refractivity contribution in [3.63, 3.8) is 0 Å². The third kappa shape index (κ3) is 8.37. The first-order valence-corrected chi connectivity index (χ1v) is 13.6. The molecule has 36 heavy (non-hydrogen) atoms. The molecule has 0 aromatic carbocycles. The highest BCUT2D eigenvalue weighted by Crippen LogP contribution is 2.30. The van der Waals surface area contributed by atoms with Crippen LogP contribution in [-0.2, 0) is 24.1 Å². The van der Waals surface area contributed by atoms with Gasteiger partial charge in [0, 0.05) is 44.4 Å². The predicted molar refractivity (Wildman–Crippen MR) is 136 cm³/mol. The van der Waals surface area contributed by atoms with Crippen LogP contribution >= 0.6 is 11.3 Å². The van der Waals surface area contributed by atoms with Gasteiger partial charge in [-0.05, 0) is 69.4 Å². The van der Waals surface area contributed by atoms with E-state index < -0.39 is 12.5 Å². The number of aryl methyl sites for hydroxylation is 1. The number of nitrogens with zero attached hydrogens (tertiary/aromatic N) is 5. The number of halogens is 2. The first kappa shape index (κ1) is 26.7. The number of hydrogen-bond donors (Lipinski definition) is 0. The molecule has 2 aromatic heterocycles. The number of rotatable bonds is 9. The maximum atomic E-state index is 13.1. The van der Waals surface area contributed by atoms with E-state index in [0.717, 1.165) is 68.0 Å². The Morgan fingerprint density at radius 3 is 2.72 bits per heavy atom. The zero-order valence-electron chi connectivity index (χ0n) is 21.1. The monoisotopic (exact) mass is 519 g/mol. The minimum Gasteiger partial charge on any atom is -0.471 e. The van der Waals surface area contributed by atoms with Gasteiger partial charge in [-0.2, -0.15) is 0 Å². The van der Waals surface area contributed by atoms with E-state index in [1.165, 1.54) is 36.2 Å². The highest BCUT2D eigenvalue weighted by molar-refractivity contribution is 7.11. The fraction of sp³-hybridized carbons (Fsp3) is 0.654. The largest absolute Gasteiger partial charge is 0.471 e. The Bertz CT molecular complexity index is 1050. The Hall–Kier alpha value is -2.33. The molecule has 196 valence electrons. The van der Waals surface area contributed by atoms with Crippen LogP contribution in [0.2, 0.25) is 0 Å². The van der Waals surface area contributed by atoms with Crippen molar-refractivity contribution < 1.29 is 18.3 Å². The number of pyridine rings is 1. The number of fused-ring (bicyclic) bond motifs is 1. The van der Waals surface area contributed by atoms with Crippen LogP contribution in [0.3, 0.4) is 0 Å². The van der Waals surface area contributed by atoms with Crippen molar-refractivity contribution in [1.29, 1.82) is 0 Å². The Morgan fingerprint density at radius 2 is 2.00 bits per heavy atom. The van der Waals surface area contributed by atoms with Crippen LogP contribution in [0.5, 0.6) is 5.88 Å². The van der Waals surface area contributed by atoms with E-state index in [9.17, 15) is 13.6 Å². The number of carbonyl (C=O) groups excluding carboxylic acids is 1. The second-order valence-corrected chi connectivity index (χ2v) is 11.4. The van der Waals surface area contributed by atoms with Crippen LogP contribution in [0, 0.1) is 18.8 Å².